The summed E-state index contributed by atoms with van der Waals surface area (Å²) < 4.78 is 0. The van der Waals surface area contributed by atoms with Crippen LogP contribution in [0.3, 0.4) is 0 Å². The molecule has 2 aliphatic rings. The van der Waals surface area contributed by atoms with E-state index in [-0.39, 0.29) is 0 Å². The zero-order valence-corrected chi connectivity index (χ0v) is 14.2. The van der Waals surface area contributed by atoms with Gasteiger partial charge in [-0.05, 0) is 50.6 Å². The number of piperidine rings is 1. The number of nitrogens with zero attached hydrogens (tertiary/aromatic N) is 4. The molecule has 0 amide bonds. The molecular formula is C19H25N5. The SMILES string of the molecule is CN1C2CCCC1CN(c1ccc(Nc3cccnc3)nc1)CC2. The molecule has 5 nitrogen and oxygen atoms in total. The molecule has 5 heteroatoms. The van der Waals surface area contributed by atoms with Gasteiger partial charge in [0.2, 0.25) is 0 Å². The lowest BCUT2D eigenvalue weighted by Gasteiger charge is -2.37. The van der Waals surface area contributed by atoms with Gasteiger partial charge in [-0.25, -0.2) is 4.98 Å². The van der Waals surface area contributed by atoms with Gasteiger partial charge in [0.25, 0.3) is 0 Å². The lowest BCUT2D eigenvalue weighted by Crippen LogP contribution is -2.45. The van der Waals surface area contributed by atoms with Gasteiger partial charge in [-0.3, -0.25) is 9.88 Å². The maximum absolute atomic E-state index is 4.59. The van der Waals surface area contributed by atoms with Gasteiger partial charge in [0.1, 0.15) is 5.82 Å². The second kappa shape index (κ2) is 6.77. The van der Waals surface area contributed by atoms with E-state index in [0.29, 0.717) is 6.04 Å². The minimum absolute atomic E-state index is 0.680. The first-order valence-electron chi connectivity index (χ1n) is 8.89. The Hall–Kier alpha value is -2.14. The second-order valence-electron chi connectivity index (χ2n) is 6.91. The van der Waals surface area contributed by atoms with Crippen molar-refractivity contribution in [2.75, 3.05) is 30.4 Å². The molecule has 2 aliphatic heterocycles. The summed E-state index contributed by atoms with van der Waals surface area (Å²) in [7, 11) is 2.30. The fourth-order valence-electron chi connectivity index (χ4n) is 3.98. The van der Waals surface area contributed by atoms with Crippen molar-refractivity contribution in [1.82, 2.24) is 14.9 Å². The number of aromatic nitrogens is 2. The molecule has 0 spiro atoms. The van der Waals surface area contributed by atoms with E-state index < -0.39 is 0 Å². The van der Waals surface area contributed by atoms with Crippen molar-refractivity contribution < 1.29 is 0 Å². The first-order chi connectivity index (χ1) is 11.8. The Morgan fingerprint density at radius 3 is 2.79 bits per heavy atom. The normalized spacial score (nSPS) is 24.5. The smallest absolute Gasteiger partial charge is 0.130 e. The first kappa shape index (κ1) is 15.4. The van der Waals surface area contributed by atoms with Crippen LogP contribution in [0.2, 0.25) is 0 Å². The van der Waals surface area contributed by atoms with Crippen LogP contribution in [0.1, 0.15) is 25.7 Å². The fourth-order valence-corrected chi connectivity index (χ4v) is 3.98. The van der Waals surface area contributed by atoms with E-state index in [9.17, 15) is 0 Å². The van der Waals surface area contributed by atoms with Gasteiger partial charge in [-0.15, -0.1) is 0 Å². The van der Waals surface area contributed by atoms with E-state index in [1.807, 2.05) is 18.3 Å². The molecule has 2 saturated heterocycles. The quantitative estimate of drug-likeness (QED) is 0.939. The van der Waals surface area contributed by atoms with Gasteiger partial charge < -0.3 is 10.2 Å². The lowest BCUT2D eigenvalue weighted by atomic mass is 9.96. The van der Waals surface area contributed by atoms with E-state index in [4.69, 9.17) is 0 Å². The largest absolute Gasteiger partial charge is 0.369 e. The minimum atomic E-state index is 0.680. The Morgan fingerprint density at radius 1 is 1.08 bits per heavy atom. The summed E-state index contributed by atoms with van der Waals surface area (Å²) in [4.78, 5) is 13.8. The minimum Gasteiger partial charge on any atom is -0.369 e. The number of pyridine rings is 2. The summed E-state index contributed by atoms with van der Waals surface area (Å²) in [6, 6.07) is 9.59. The number of likely N-dealkylation sites (N-methyl/N-ethyl adjacent to an activating group) is 1. The average Bonchev–Trinajstić information content (AvgIpc) is 2.71. The summed E-state index contributed by atoms with van der Waals surface area (Å²) in [5, 5.41) is 3.29. The molecule has 2 atom stereocenters. The van der Waals surface area contributed by atoms with Crippen LogP contribution in [0.4, 0.5) is 17.2 Å². The number of nitrogens with one attached hydrogen (secondary N) is 1. The third kappa shape index (κ3) is 3.22. The Balaban J connectivity index is 1.46. The Labute approximate surface area is 143 Å². The molecule has 2 bridgehead atoms. The van der Waals surface area contributed by atoms with Crippen molar-refractivity contribution in [2.45, 2.75) is 37.8 Å². The third-order valence-corrected chi connectivity index (χ3v) is 5.44. The molecule has 2 fully saturated rings. The molecule has 126 valence electrons. The lowest BCUT2D eigenvalue weighted by molar-refractivity contribution is 0.127. The predicted molar refractivity (Wildman–Crippen MR) is 97.8 cm³/mol. The summed E-state index contributed by atoms with van der Waals surface area (Å²) in [6.07, 6.45) is 10.9. The van der Waals surface area contributed by atoms with Gasteiger partial charge in [0.05, 0.1) is 23.8 Å². The van der Waals surface area contributed by atoms with Crippen LogP contribution >= 0.6 is 0 Å². The Morgan fingerprint density at radius 2 is 2.00 bits per heavy atom. The fraction of sp³-hybridized carbons (Fsp3) is 0.474. The molecule has 0 radical (unpaired) electrons. The summed E-state index contributed by atoms with van der Waals surface area (Å²) in [6.45, 7) is 2.24. The molecule has 0 aliphatic carbocycles. The van der Waals surface area contributed by atoms with Crippen LogP contribution in [-0.4, -0.2) is 47.1 Å². The first-order valence-corrected chi connectivity index (χ1v) is 8.89. The monoisotopic (exact) mass is 323 g/mol. The number of rotatable bonds is 3. The van der Waals surface area contributed by atoms with Crippen molar-refractivity contribution in [3.63, 3.8) is 0 Å². The molecule has 2 aromatic heterocycles. The molecule has 24 heavy (non-hydrogen) atoms. The maximum atomic E-state index is 4.59. The molecule has 4 heterocycles. The standard InChI is InChI=1S/C19H25N5/c1-23-16-5-2-6-18(23)14-24(11-9-16)17-7-8-19(21-13-17)22-15-4-3-10-20-12-15/h3-4,7-8,10,12-13,16,18H,2,5-6,9,11,14H2,1H3,(H,21,22). The number of fused-ring (bicyclic) bond motifs is 2. The van der Waals surface area contributed by atoms with Crippen molar-refractivity contribution in [2.24, 2.45) is 0 Å². The number of hydrogen-bond donors (Lipinski definition) is 1. The van der Waals surface area contributed by atoms with Crippen LogP contribution in [-0.2, 0) is 0 Å². The number of anilines is 3. The van der Waals surface area contributed by atoms with Crippen molar-refractivity contribution in [3.8, 4) is 0 Å². The predicted octanol–water partition coefficient (Wildman–Crippen LogP) is 3.28. The Kier molecular flexibility index (Phi) is 4.34. The zero-order valence-electron chi connectivity index (χ0n) is 14.2. The molecule has 0 saturated carbocycles. The van der Waals surface area contributed by atoms with Crippen LogP contribution < -0.4 is 10.2 Å². The van der Waals surface area contributed by atoms with Crippen LogP contribution in [0.5, 0.6) is 0 Å². The molecule has 0 aromatic carbocycles. The molecule has 4 rings (SSSR count). The van der Waals surface area contributed by atoms with E-state index in [0.717, 1.165) is 30.6 Å². The highest BCUT2D eigenvalue weighted by Gasteiger charge is 2.32. The average molecular weight is 323 g/mol. The third-order valence-electron chi connectivity index (χ3n) is 5.44. The van der Waals surface area contributed by atoms with Crippen molar-refractivity contribution in [3.05, 3.63) is 42.9 Å². The highest BCUT2D eigenvalue weighted by atomic mass is 15.3. The summed E-state index contributed by atoms with van der Waals surface area (Å²) in [5.41, 5.74) is 2.19. The van der Waals surface area contributed by atoms with E-state index in [2.05, 4.69) is 44.3 Å². The van der Waals surface area contributed by atoms with Gasteiger partial charge >= 0.3 is 0 Å². The van der Waals surface area contributed by atoms with E-state index in [1.165, 1.54) is 31.4 Å². The molecule has 1 N–H and O–H groups in total. The summed E-state index contributed by atoms with van der Waals surface area (Å²) >= 11 is 0. The highest BCUT2D eigenvalue weighted by Crippen LogP contribution is 2.29. The van der Waals surface area contributed by atoms with E-state index in [1.54, 1.807) is 12.4 Å². The Bertz CT molecular complexity index is 657. The van der Waals surface area contributed by atoms with Crippen molar-refractivity contribution >= 4 is 17.2 Å². The summed E-state index contributed by atoms with van der Waals surface area (Å²) in [5.74, 6) is 0.859. The van der Waals surface area contributed by atoms with Crippen LogP contribution in [0.25, 0.3) is 0 Å². The topological polar surface area (TPSA) is 44.3 Å². The van der Waals surface area contributed by atoms with Gasteiger partial charge in [-0.2, -0.15) is 0 Å². The van der Waals surface area contributed by atoms with Gasteiger partial charge in [0.15, 0.2) is 0 Å². The molecule has 2 unspecified atom stereocenters. The number of hydrogen-bond acceptors (Lipinski definition) is 5. The van der Waals surface area contributed by atoms with Crippen molar-refractivity contribution in [1.29, 1.82) is 0 Å². The zero-order chi connectivity index (χ0) is 16.4. The highest BCUT2D eigenvalue weighted by molar-refractivity contribution is 5.57. The van der Waals surface area contributed by atoms with Crippen LogP contribution in [0, 0.1) is 0 Å². The molecular weight excluding hydrogens is 298 g/mol. The van der Waals surface area contributed by atoms with E-state index >= 15 is 0 Å². The maximum Gasteiger partial charge on any atom is 0.130 e. The molecule has 2 aromatic rings. The second-order valence-corrected chi connectivity index (χ2v) is 6.91. The van der Waals surface area contributed by atoms with Crippen LogP contribution in [0.15, 0.2) is 42.9 Å². The van der Waals surface area contributed by atoms with Gasteiger partial charge in [-0.1, -0.05) is 6.42 Å². The van der Waals surface area contributed by atoms with Gasteiger partial charge in [0, 0.05) is 31.4 Å².